The van der Waals surface area contributed by atoms with Crippen molar-refractivity contribution < 1.29 is 13.9 Å². The Kier molecular flexibility index (Phi) is 7.64. The van der Waals surface area contributed by atoms with Crippen LogP contribution >= 0.6 is 0 Å². The zero-order chi connectivity index (χ0) is 29.2. The number of hydrogen-bond acceptors (Lipinski definition) is 9. The molecule has 1 aliphatic heterocycles. The molecule has 5 aromatic rings. The predicted octanol–water partition coefficient (Wildman–Crippen LogP) is 3.76. The standard InChI is InChI=1S/C30H35N9O3/c1-3-22-28(42-19(2)33-22)36-30-35-23-8-6-7-21(18-37-13-15-41-16-14-37)26(23)39(30)12-5-4-11-38-25-10-9-20(27(31)40)17-24(25)34-29(38)32/h4-10,17H,3,11-16,18H2,1-2H3,(H2,31,40)(H2,32,34)(H,35,36)/b5-4+. The molecule has 1 fully saturated rings. The van der Waals surface area contributed by atoms with E-state index in [2.05, 4.69) is 56.0 Å². The third kappa shape index (κ3) is 5.46. The van der Waals surface area contributed by atoms with Crippen LogP contribution in [0.5, 0.6) is 0 Å². The number of aromatic nitrogens is 5. The number of allylic oxidation sites excluding steroid dienone is 2. The Labute approximate surface area is 243 Å². The van der Waals surface area contributed by atoms with Crippen molar-refractivity contribution in [1.82, 2.24) is 29.0 Å². The van der Waals surface area contributed by atoms with Crippen LogP contribution in [-0.4, -0.2) is 61.2 Å². The number of oxazole rings is 1. The molecule has 42 heavy (non-hydrogen) atoms. The van der Waals surface area contributed by atoms with Gasteiger partial charge in [0.15, 0.2) is 5.89 Å². The molecule has 5 N–H and O–H groups in total. The Morgan fingerprint density at radius 1 is 1.05 bits per heavy atom. The Morgan fingerprint density at radius 3 is 2.60 bits per heavy atom. The summed E-state index contributed by atoms with van der Waals surface area (Å²) >= 11 is 0. The highest BCUT2D eigenvalue weighted by molar-refractivity contribution is 5.96. The van der Waals surface area contributed by atoms with Gasteiger partial charge in [0.1, 0.15) is 5.69 Å². The van der Waals surface area contributed by atoms with E-state index >= 15 is 0 Å². The molecule has 3 aromatic heterocycles. The van der Waals surface area contributed by atoms with Crippen LogP contribution in [0.1, 0.15) is 34.4 Å². The smallest absolute Gasteiger partial charge is 0.248 e. The molecule has 1 amide bonds. The summed E-state index contributed by atoms with van der Waals surface area (Å²) in [6.45, 7) is 9.05. The summed E-state index contributed by atoms with van der Waals surface area (Å²) in [6, 6.07) is 11.4. The molecule has 6 rings (SSSR count). The number of nitrogens with two attached hydrogens (primary N) is 2. The predicted molar refractivity (Wildman–Crippen MR) is 162 cm³/mol. The second-order valence-corrected chi connectivity index (χ2v) is 10.3. The van der Waals surface area contributed by atoms with Gasteiger partial charge in [-0.25, -0.2) is 15.0 Å². The lowest BCUT2D eigenvalue weighted by Crippen LogP contribution is -2.35. The molecule has 12 heteroatoms. The summed E-state index contributed by atoms with van der Waals surface area (Å²) < 4.78 is 15.5. The third-order valence-electron chi connectivity index (χ3n) is 7.52. The van der Waals surface area contributed by atoms with Gasteiger partial charge in [-0.05, 0) is 36.2 Å². The van der Waals surface area contributed by atoms with E-state index in [1.54, 1.807) is 12.1 Å². The number of para-hydroxylation sites is 1. The highest BCUT2D eigenvalue weighted by Crippen LogP contribution is 2.29. The zero-order valence-electron chi connectivity index (χ0n) is 23.8. The first-order chi connectivity index (χ1) is 20.4. The number of amides is 1. The van der Waals surface area contributed by atoms with Gasteiger partial charge < -0.3 is 29.8 Å². The Morgan fingerprint density at radius 2 is 1.83 bits per heavy atom. The summed E-state index contributed by atoms with van der Waals surface area (Å²) in [5.74, 6) is 1.77. The Hall–Kier alpha value is -4.68. The summed E-state index contributed by atoms with van der Waals surface area (Å²) in [5, 5.41) is 3.42. The Bertz CT molecular complexity index is 1780. The number of imidazole rings is 2. The number of benzene rings is 2. The van der Waals surface area contributed by atoms with Crippen LogP contribution in [0.25, 0.3) is 22.1 Å². The topological polar surface area (TPSA) is 155 Å². The molecule has 0 bridgehead atoms. The fourth-order valence-electron chi connectivity index (χ4n) is 5.42. The van der Waals surface area contributed by atoms with Gasteiger partial charge in [0, 0.05) is 45.2 Å². The number of primary amides is 1. The van der Waals surface area contributed by atoms with Gasteiger partial charge in [-0.2, -0.15) is 0 Å². The molecule has 0 aliphatic carbocycles. The summed E-state index contributed by atoms with van der Waals surface area (Å²) in [5.41, 5.74) is 17.5. The largest absolute Gasteiger partial charge is 0.425 e. The van der Waals surface area contributed by atoms with E-state index in [0.717, 1.165) is 61.5 Å². The van der Waals surface area contributed by atoms with Gasteiger partial charge in [0.25, 0.3) is 0 Å². The number of anilines is 3. The minimum Gasteiger partial charge on any atom is -0.425 e. The van der Waals surface area contributed by atoms with Crippen molar-refractivity contribution in [3.05, 3.63) is 71.3 Å². The molecule has 0 atom stereocenters. The van der Waals surface area contributed by atoms with Gasteiger partial charge in [-0.15, -0.1) is 0 Å². The molecular formula is C30H35N9O3. The molecule has 0 spiro atoms. The normalized spacial score (nSPS) is 14.4. The van der Waals surface area contributed by atoms with E-state index in [1.165, 1.54) is 5.56 Å². The molecule has 4 heterocycles. The minimum atomic E-state index is -0.499. The van der Waals surface area contributed by atoms with Crippen molar-refractivity contribution in [2.75, 3.05) is 37.4 Å². The second kappa shape index (κ2) is 11.7. The SMILES string of the molecule is CCc1nc(C)oc1Nc1nc2cccc(CN3CCOCC3)c2n1C/C=C/Cn1c(N)nc2cc(C(N)=O)ccc21. The summed E-state index contributed by atoms with van der Waals surface area (Å²) in [6.07, 6.45) is 4.88. The third-order valence-corrected chi connectivity index (χ3v) is 7.52. The van der Waals surface area contributed by atoms with Crippen LogP contribution in [0.4, 0.5) is 17.8 Å². The lowest BCUT2D eigenvalue weighted by atomic mass is 10.1. The van der Waals surface area contributed by atoms with E-state index in [9.17, 15) is 4.79 Å². The number of morpholine rings is 1. The number of carbonyl (C=O) groups excluding carboxylic acids is 1. The number of aryl methyl sites for hydroxylation is 2. The monoisotopic (exact) mass is 569 g/mol. The molecular weight excluding hydrogens is 534 g/mol. The van der Waals surface area contributed by atoms with Crippen LogP contribution in [0, 0.1) is 6.92 Å². The van der Waals surface area contributed by atoms with Crippen molar-refractivity contribution in [3.63, 3.8) is 0 Å². The first-order valence-corrected chi connectivity index (χ1v) is 14.1. The number of carbonyl (C=O) groups is 1. The maximum Gasteiger partial charge on any atom is 0.248 e. The molecule has 0 saturated carbocycles. The van der Waals surface area contributed by atoms with Crippen LogP contribution in [0.2, 0.25) is 0 Å². The van der Waals surface area contributed by atoms with Gasteiger partial charge in [-0.3, -0.25) is 15.0 Å². The number of ether oxygens (including phenoxy) is 1. The second-order valence-electron chi connectivity index (χ2n) is 10.3. The first kappa shape index (κ1) is 27.5. The molecule has 12 nitrogen and oxygen atoms in total. The number of nitrogens with zero attached hydrogens (tertiary/aromatic N) is 6. The maximum absolute atomic E-state index is 11.6. The van der Waals surface area contributed by atoms with E-state index in [-0.39, 0.29) is 0 Å². The zero-order valence-corrected chi connectivity index (χ0v) is 23.8. The van der Waals surface area contributed by atoms with Crippen LogP contribution in [0.15, 0.2) is 53.0 Å². The maximum atomic E-state index is 11.6. The highest BCUT2D eigenvalue weighted by atomic mass is 16.5. The van der Waals surface area contributed by atoms with Crippen molar-refractivity contribution in [3.8, 4) is 0 Å². The lowest BCUT2D eigenvalue weighted by molar-refractivity contribution is 0.0343. The number of nitrogens with one attached hydrogen (secondary N) is 1. The fraction of sp³-hybridized carbons (Fsp3) is 0.333. The molecule has 1 saturated heterocycles. The minimum absolute atomic E-state index is 0.368. The van der Waals surface area contributed by atoms with E-state index in [0.29, 0.717) is 47.8 Å². The van der Waals surface area contributed by atoms with E-state index in [1.807, 2.05) is 23.6 Å². The van der Waals surface area contributed by atoms with E-state index < -0.39 is 5.91 Å². The van der Waals surface area contributed by atoms with Crippen LogP contribution in [-0.2, 0) is 30.8 Å². The van der Waals surface area contributed by atoms with Crippen molar-refractivity contribution in [2.45, 2.75) is 39.9 Å². The van der Waals surface area contributed by atoms with Crippen LogP contribution in [0.3, 0.4) is 0 Å². The quantitative estimate of drug-likeness (QED) is 0.213. The molecule has 218 valence electrons. The van der Waals surface area contributed by atoms with E-state index in [4.69, 9.17) is 25.6 Å². The molecule has 1 aliphatic rings. The fourth-order valence-corrected chi connectivity index (χ4v) is 5.42. The molecule has 0 radical (unpaired) electrons. The average molecular weight is 570 g/mol. The summed E-state index contributed by atoms with van der Waals surface area (Å²) in [7, 11) is 0. The number of rotatable bonds is 10. The molecule has 2 aromatic carbocycles. The number of fused-ring (bicyclic) bond motifs is 2. The van der Waals surface area contributed by atoms with Crippen LogP contribution < -0.4 is 16.8 Å². The van der Waals surface area contributed by atoms with Gasteiger partial charge in [-0.1, -0.05) is 31.2 Å². The Balaban J connectivity index is 1.32. The first-order valence-electron chi connectivity index (χ1n) is 14.1. The van der Waals surface area contributed by atoms with Crippen molar-refractivity contribution in [2.24, 2.45) is 5.73 Å². The highest BCUT2D eigenvalue weighted by Gasteiger charge is 2.19. The van der Waals surface area contributed by atoms with Gasteiger partial charge >= 0.3 is 0 Å². The number of hydrogen-bond donors (Lipinski definition) is 3. The summed E-state index contributed by atoms with van der Waals surface area (Å²) in [4.78, 5) is 27.9. The van der Waals surface area contributed by atoms with Crippen molar-refractivity contribution in [1.29, 1.82) is 0 Å². The van der Waals surface area contributed by atoms with Gasteiger partial charge in [0.05, 0.1) is 35.3 Å². The average Bonchev–Trinajstić information content (AvgIpc) is 3.63. The molecule has 0 unspecified atom stereocenters. The lowest BCUT2D eigenvalue weighted by Gasteiger charge is -2.27. The number of nitrogen functional groups attached to an aromatic ring is 1. The van der Waals surface area contributed by atoms with Crippen molar-refractivity contribution >= 4 is 45.8 Å². The van der Waals surface area contributed by atoms with Gasteiger partial charge in [0.2, 0.25) is 23.7 Å².